The van der Waals surface area contributed by atoms with Gasteiger partial charge in [0.2, 0.25) is 0 Å². The van der Waals surface area contributed by atoms with Crippen LogP contribution in [0.1, 0.15) is 22.2 Å². The Hall–Kier alpha value is -2.95. The summed E-state index contributed by atoms with van der Waals surface area (Å²) in [5, 5.41) is 10.4. The highest BCUT2D eigenvalue weighted by atomic mass is 32.2. The van der Waals surface area contributed by atoms with Crippen LogP contribution >= 0.6 is 34.4 Å². The molecule has 4 aromatic rings. The Balaban J connectivity index is 1.20. The summed E-state index contributed by atoms with van der Waals surface area (Å²) in [5.41, 5.74) is 2.25. The molecule has 0 saturated heterocycles. The van der Waals surface area contributed by atoms with Crippen LogP contribution in [-0.2, 0) is 14.3 Å². The average Bonchev–Trinajstić information content (AvgIpc) is 3.61. The zero-order valence-electron chi connectivity index (χ0n) is 16.7. The fourth-order valence-corrected chi connectivity index (χ4v) is 5.49. The first-order chi connectivity index (χ1) is 15.7. The van der Waals surface area contributed by atoms with E-state index in [0.717, 1.165) is 32.7 Å². The first kappa shape index (κ1) is 20.9. The van der Waals surface area contributed by atoms with Gasteiger partial charge in [-0.3, -0.25) is 9.59 Å². The van der Waals surface area contributed by atoms with E-state index >= 15 is 0 Å². The average molecular weight is 484 g/mol. The SMILES string of the molecule is O=C(CSc1nc2ccccc2o1)OCC(=O)N1N=C(c2cccs2)CC1c1cccs1. The van der Waals surface area contributed by atoms with Crippen molar-refractivity contribution in [1.82, 2.24) is 9.99 Å². The van der Waals surface area contributed by atoms with Crippen LogP contribution in [0, 0.1) is 0 Å². The topological polar surface area (TPSA) is 85.0 Å². The van der Waals surface area contributed by atoms with E-state index in [2.05, 4.69) is 10.1 Å². The van der Waals surface area contributed by atoms with Crippen molar-refractivity contribution in [2.75, 3.05) is 12.4 Å². The van der Waals surface area contributed by atoms with Gasteiger partial charge >= 0.3 is 5.97 Å². The number of nitrogens with zero attached hydrogens (tertiary/aromatic N) is 3. The number of oxazole rings is 1. The largest absolute Gasteiger partial charge is 0.455 e. The summed E-state index contributed by atoms with van der Waals surface area (Å²) in [7, 11) is 0. The van der Waals surface area contributed by atoms with Crippen molar-refractivity contribution in [2.24, 2.45) is 5.10 Å². The van der Waals surface area contributed by atoms with Gasteiger partial charge in [-0.25, -0.2) is 9.99 Å². The monoisotopic (exact) mass is 483 g/mol. The van der Waals surface area contributed by atoms with Crippen molar-refractivity contribution in [3.63, 3.8) is 0 Å². The van der Waals surface area contributed by atoms with Crippen LogP contribution in [-0.4, -0.2) is 39.9 Å². The van der Waals surface area contributed by atoms with Crippen LogP contribution in [0.5, 0.6) is 0 Å². The summed E-state index contributed by atoms with van der Waals surface area (Å²) < 4.78 is 10.8. The molecule has 0 saturated carbocycles. The van der Waals surface area contributed by atoms with E-state index in [0.29, 0.717) is 17.2 Å². The number of rotatable bonds is 7. The number of aromatic nitrogens is 1. The second-order valence-electron chi connectivity index (χ2n) is 6.89. The number of hydrogen-bond acceptors (Lipinski definition) is 9. The predicted molar refractivity (Wildman–Crippen MR) is 125 cm³/mol. The van der Waals surface area contributed by atoms with Crippen LogP contribution < -0.4 is 0 Å². The maximum absolute atomic E-state index is 12.9. The Morgan fingerprint density at radius 3 is 2.75 bits per heavy atom. The lowest BCUT2D eigenvalue weighted by Gasteiger charge is -2.20. The number of thioether (sulfide) groups is 1. The molecule has 0 N–H and O–H groups in total. The van der Waals surface area contributed by atoms with E-state index in [1.165, 1.54) is 5.01 Å². The van der Waals surface area contributed by atoms with Gasteiger partial charge in [-0.15, -0.1) is 22.7 Å². The number of amides is 1. The molecule has 1 amide bonds. The summed E-state index contributed by atoms with van der Waals surface area (Å²) in [6.07, 6.45) is 0.633. The number of carbonyl (C=O) groups excluding carboxylic acids is 2. The number of hydrazone groups is 1. The van der Waals surface area contributed by atoms with Gasteiger partial charge in [0.15, 0.2) is 12.2 Å². The first-order valence-corrected chi connectivity index (χ1v) is 12.5. The number of fused-ring (bicyclic) bond motifs is 1. The van der Waals surface area contributed by atoms with E-state index in [1.807, 2.05) is 59.3 Å². The van der Waals surface area contributed by atoms with Gasteiger partial charge < -0.3 is 9.15 Å². The zero-order chi connectivity index (χ0) is 21.9. The molecule has 162 valence electrons. The molecule has 0 bridgehead atoms. The predicted octanol–water partition coefficient (Wildman–Crippen LogP) is 4.96. The van der Waals surface area contributed by atoms with Crippen molar-refractivity contribution in [3.05, 3.63) is 69.0 Å². The third-order valence-corrected chi connectivity index (χ3v) is 7.48. The number of hydrogen-bond donors (Lipinski definition) is 0. The van der Waals surface area contributed by atoms with E-state index in [4.69, 9.17) is 9.15 Å². The molecule has 5 rings (SSSR count). The third-order valence-electron chi connectivity index (χ3n) is 4.79. The molecule has 1 aliphatic rings. The second-order valence-corrected chi connectivity index (χ2v) is 9.75. The first-order valence-electron chi connectivity index (χ1n) is 9.78. The standard InChI is InChI=1S/C22H17N3O4S3/c26-20(12-28-21(27)13-32-22-23-14-5-1-2-6-17(14)29-22)25-16(19-8-4-10-31-19)11-15(24-25)18-7-3-9-30-18/h1-10,16H,11-13H2. The quantitative estimate of drug-likeness (QED) is 0.273. The van der Waals surface area contributed by atoms with Crippen molar-refractivity contribution < 1.29 is 18.7 Å². The van der Waals surface area contributed by atoms with Gasteiger partial charge in [0.25, 0.3) is 11.1 Å². The van der Waals surface area contributed by atoms with Crippen molar-refractivity contribution in [2.45, 2.75) is 17.7 Å². The zero-order valence-corrected chi connectivity index (χ0v) is 19.1. The second kappa shape index (κ2) is 9.27. The number of carbonyl (C=O) groups is 2. The lowest BCUT2D eigenvalue weighted by molar-refractivity contribution is -0.150. The highest BCUT2D eigenvalue weighted by Crippen LogP contribution is 2.36. The van der Waals surface area contributed by atoms with Gasteiger partial charge in [-0.1, -0.05) is 36.0 Å². The van der Waals surface area contributed by atoms with Gasteiger partial charge in [-0.05, 0) is 35.0 Å². The minimum atomic E-state index is -0.514. The van der Waals surface area contributed by atoms with Gasteiger partial charge in [0.1, 0.15) is 11.3 Å². The van der Waals surface area contributed by atoms with Crippen LogP contribution in [0.15, 0.2) is 74.0 Å². The van der Waals surface area contributed by atoms with Crippen LogP contribution in [0.25, 0.3) is 11.1 Å². The Bertz CT molecular complexity index is 1230. The molecule has 0 spiro atoms. The van der Waals surface area contributed by atoms with Crippen LogP contribution in [0.3, 0.4) is 0 Å². The molecule has 10 heteroatoms. The van der Waals surface area contributed by atoms with Crippen molar-refractivity contribution in [3.8, 4) is 0 Å². The van der Waals surface area contributed by atoms with Crippen molar-refractivity contribution in [1.29, 1.82) is 0 Å². The van der Waals surface area contributed by atoms with E-state index < -0.39 is 5.97 Å². The number of benzene rings is 1. The Labute approximate surface area is 195 Å². The molecule has 1 aromatic carbocycles. The lowest BCUT2D eigenvalue weighted by Crippen LogP contribution is -2.31. The summed E-state index contributed by atoms with van der Waals surface area (Å²) in [6, 6.07) is 15.1. The molecule has 1 atom stereocenters. The maximum atomic E-state index is 12.9. The molecular formula is C22H17N3O4S3. The normalized spacial score (nSPS) is 15.8. The van der Waals surface area contributed by atoms with Gasteiger partial charge in [-0.2, -0.15) is 5.10 Å². The third kappa shape index (κ3) is 4.47. The van der Waals surface area contributed by atoms with E-state index in [-0.39, 0.29) is 24.3 Å². The Kier molecular flexibility index (Phi) is 6.06. The molecule has 1 unspecified atom stereocenters. The smallest absolute Gasteiger partial charge is 0.316 e. The highest BCUT2D eigenvalue weighted by Gasteiger charge is 2.34. The fraction of sp³-hybridized carbons (Fsp3) is 0.182. The summed E-state index contributed by atoms with van der Waals surface area (Å²) in [5.74, 6) is -0.867. The fourth-order valence-electron chi connectivity index (χ4n) is 3.32. The lowest BCUT2D eigenvalue weighted by atomic mass is 10.1. The van der Waals surface area contributed by atoms with Gasteiger partial charge in [0.05, 0.1) is 16.6 Å². The van der Waals surface area contributed by atoms with Crippen LogP contribution in [0.4, 0.5) is 0 Å². The van der Waals surface area contributed by atoms with Gasteiger partial charge in [0, 0.05) is 11.3 Å². The van der Waals surface area contributed by atoms with E-state index in [1.54, 1.807) is 22.7 Å². The summed E-state index contributed by atoms with van der Waals surface area (Å²) in [4.78, 5) is 31.5. The number of thiophene rings is 2. The molecule has 0 fully saturated rings. The molecule has 32 heavy (non-hydrogen) atoms. The maximum Gasteiger partial charge on any atom is 0.316 e. The Morgan fingerprint density at radius 1 is 1.12 bits per heavy atom. The van der Waals surface area contributed by atoms with Crippen LogP contribution in [0.2, 0.25) is 0 Å². The summed E-state index contributed by atoms with van der Waals surface area (Å²) >= 11 is 4.30. The van der Waals surface area contributed by atoms with E-state index in [9.17, 15) is 9.59 Å². The molecule has 0 radical (unpaired) electrons. The Morgan fingerprint density at radius 2 is 1.97 bits per heavy atom. The number of esters is 1. The molecule has 3 aromatic heterocycles. The molecule has 4 heterocycles. The molecule has 7 nitrogen and oxygen atoms in total. The minimum Gasteiger partial charge on any atom is -0.455 e. The number of para-hydroxylation sites is 2. The highest BCUT2D eigenvalue weighted by molar-refractivity contribution is 7.99. The number of ether oxygens (including phenoxy) is 1. The summed E-state index contributed by atoms with van der Waals surface area (Å²) in [6.45, 7) is -0.365. The van der Waals surface area contributed by atoms with Crippen molar-refractivity contribution >= 4 is 63.1 Å². The molecular weight excluding hydrogens is 466 g/mol. The minimum absolute atomic E-state index is 0.00182. The molecule has 1 aliphatic heterocycles. The molecule has 0 aliphatic carbocycles.